The number of hydrogen-bond acceptors (Lipinski definition) is 3. The van der Waals surface area contributed by atoms with Crippen molar-refractivity contribution in [1.29, 1.82) is 5.41 Å². The Morgan fingerprint density at radius 1 is 1.88 bits per heavy atom. The molecule has 0 rings (SSSR count). The number of rotatable bonds is 2. The van der Waals surface area contributed by atoms with Crippen LogP contribution < -0.4 is 5.48 Å². The molecule has 0 aliphatic carbocycles. The van der Waals surface area contributed by atoms with E-state index in [1.54, 1.807) is 12.4 Å². The molecule has 1 atom stereocenters. The number of nitrogens with one attached hydrogen (secondary N) is 2. The molecule has 0 amide bonds. The Kier molecular flexibility index (Phi) is 3.14. The van der Waals surface area contributed by atoms with Crippen molar-refractivity contribution in [3.63, 3.8) is 0 Å². The van der Waals surface area contributed by atoms with E-state index in [2.05, 4.69) is 0 Å². The Labute approximate surface area is 47.6 Å². The molecular weight excluding hydrogens is 108 g/mol. The minimum atomic E-state index is -0.861. The first-order valence-electron chi connectivity index (χ1n) is 2.39. The third kappa shape index (κ3) is 1.90. The normalized spacial score (nSPS) is 12.9. The standard InChI is InChI=1S/C4H10N2O2/c1-2-3(7)4(5)6-8/h3,7-8H,2H2,1H3,(H2,5,6)/t3-/m0/s1. The van der Waals surface area contributed by atoms with Crippen molar-refractivity contribution in [2.45, 2.75) is 19.4 Å². The molecule has 0 unspecified atom stereocenters. The summed E-state index contributed by atoms with van der Waals surface area (Å²) in [5.74, 6) is -0.257. The lowest BCUT2D eigenvalue weighted by Crippen LogP contribution is -2.30. The van der Waals surface area contributed by atoms with Crippen molar-refractivity contribution in [3.05, 3.63) is 0 Å². The van der Waals surface area contributed by atoms with Gasteiger partial charge in [-0.3, -0.25) is 16.1 Å². The summed E-state index contributed by atoms with van der Waals surface area (Å²) in [6.45, 7) is 1.72. The molecule has 0 saturated carbocycles. The predicted molar refractivity (Wildman–Crippen MR) is 28.9 cm³/mol. The minimum absolute atomic E-state index is 0.257. The fourth-order valence-electron chi connectivity index (χ4n) is 0.279. The van der Waals surface area contributed by atoms with Crippen LogP contribution in [0.25, 0.3) is 0 Å². The lowest BCUT2D eigenvalue weighted by Gasteiger charge is -2.05. The SMILES string of the molecule is CC[C@H](O)C(=N)NO. The highest BCUT2D eigenvalue weighted by Gasteiger charge is 2.04. The van der Waals surface area contributed by atoms with Crippen LogP contribution in [0.1, 0.15) is 13.3 Å². The summed E-state index contributed by atoms with van der Waals surface area (Å²) >= 11 is 0. The molecule has 0 aromatic heterocycles. The van der Waals surface area contributed by atoms with Gasteiger partial charge in [0.25, 0.3) is 0 Å². The first kappa shape index (κ1) is 7.39. The first-order valence-corrected chi connectivity index (χ1v) is 2.39. The molecule has 0 aromatic rings. The molecule has 0 aliphatic rings. The molecule has 4 N–H and O–H groups in total. The third-order valence-corrected chi connectivity index (χ3v) is 0.840. The zero-order valence-electron chi connectivity index (χ0n) is 4.68. The molecule has 0 spiro atoms. The van der Waals surface area contributed by atoms with E-state index in [4.69, 9.17) is 15.7 Å². The smallest absolute Gasteiger partial charge is 0.146 e. The second kappa shape index (κ2) is 3.40. The zero-order chi connectivity index (χ0) is 6.57. The van der Waals surface area contributed by atoms with E-state index in [9.17, 15) is 0 Å². The summed E-state index contributed by atoms with van der Waals surface area (Å²) in [5, 5.41) is 23.4. The average Bonchev–Trinajstić information content (AvgIpc) is 1.84. The fourth-order valence-corrected chi connectivity index (χ4v) is 0.279. The van der Waals surface area contributed by atoms with E-state index in [0.717, 1.165) is 0 Å². The number of hydroxylamine groups is 1. The number of aliphatic hydroxyl groups excluding tert-OH is 1. The molecule has 0 aliphatic heterocycles. The lowest BCUT2D eigenvalue weighted by atomic mass is 10.3. The third-order valence-electron chi connectivity index (χ3n) is 0.840. The van der Waals surface area contributed by atoms with Gasteiger partial charge in [-0.05, 0) is 6.42 Å². The second-order valence-electron chi connectivity index (χ2n) is 1.45. The summed E-state index contributed by atoms with van der Waals surface area (Å²) in [7, 11) is 0. The highest BCUT2D eigenvalue weighted by atomic mass is 16.5. The first-order chi connectivity index (χ1) is 3.72. The molecule has 0 aromatic carbocycles. The summed E-state index contributed by atoms with van der Waals surface area (Å²) in [6, 6.07) is 0. The summed E-state index contributed by atoms with van der Waals surface area (Å²) in [5.41, 5.74) is 1.55. The molecule has 4 nitrogen and oxygen atoms in total. The molecule has 0 fully saturated rings. The molecule has 48 valence electrons. The lowest BCUT2D eigenvalue weighted by molar-refractivity contribution is 0.183. The highest BCUT2D eigenvalue weighted by Crippen LogP contribution is 1.87. The van der Waals surface area contributed by atoms with Crippen molar-refractivity contribution < 1.29 is 10.3 Å². The van der Waals surface area contributed by atoms with Crippen LogP contribution in [0.2, 0.25) is 0 Å². The number of amidine groups is 1. The van der Waals surface area contributed by atoms with Gasteiger partial charge in [-0.15, -0.1) is 0 Å². The quantitative estimate of drug-likeness (QED) is 0.229. The molecule has 4 heteroatoms. The van der Waals surface area contributed by atoms with Gasteiger partial charge in [0.2, 0.25) is 0 Å². The summed E-state index contributed by atoms with van der Waals surface area (Å²) in [4.78, 5) is 0. The van der Waals surface area contributed by atoms with Crippen LogP contribution in [-0.2, 0) is 0 Å². The van der Waals surface area contributed by atoms with E-state index in [0.29, 0.717) is 6.42 Å². The number of aliphatic hydroxyl groups is 1. The molecule has 0 saturated heterocycles. The Hall–Kier alpha value is -0.610. The molecular formula is C4H10N2O2. The van der Waals surface area contributed by atoms with Crippen molar-refractivity contribution in [3.8, 4) is 0 Å². The van der Waals surface area contributed by atoms with Crippen LogP contribution in [0.3, 0.4) is 0 Å². The van der Waals surface area contributed by atoms with Crippen LogP contribution in [0, 0.1) is 5.41 Å². The molecule has 0 heterocycles. The minimum Gasteiger partial charge on any atom is -0.385 e. The summed E-state index contributed by atoms with van der Waals surface area (Å²) in [6.07, 6.45) is -0.424. The van der Waals surface area contributed by atoms with Gasteiger partial charge >= 0.3 is 0 Å². The van der Waals surface area contributed by atoms with E-state index in [1.807, 2.05) is 0 Å². The monoisotopic (exact) mass is 118 g/mol. The predicted octanol–water partition coefficient (Wildman–Crippen LogP) is -0.287. The molecule has 8 heavy (non-hydrogen) atoms. The van der Waals surface area contributed by atoms with Gasteiger partial charge in [-0.1, -0.05) is 6.92 Å². The largest absolute Gasteiger partial charge is 0.385 e. The number of hydrogen-bond donors (Lipinski definition) is 4. The maximum atomic E-state index is 8.68. The fraction of sp³-hybridized carbons (Fsp3) is 0.750. The van der Waals surface area contributed by atoms with Crippen LogP contribution in [-0.4, -0.2) is 22.3 Å². The van der Waals surface area contributed by atoms with Crippen molar-refractivity contribution in [1.82, 2.24) is 5.48 Å². The van der Waals surface area contributed by atoms with Crippen molar-refractivity contribution >= 4 is 5.84 Å². The van der Waals surface area contributed by atoms with Gasteiger partial charge in [0.05, 0.1) is 0 Å². The maximum absolute atomic E-state index is 8.68. The zero-order valence-corrected chi connectivity index (χ0v) is 4.68. The van der Waals surface area contributed by atoms with E-state index >= 15 is 0 Å². The van der Waals surface area contributed by atoms with Crippen molar-refractivity contribution in [2.75, 3.05) is 0 Å². The van der Waals surface area contributed by atoms with Gasteiger partial charge in [-0.25, -0.2) is 0 Å². The van der Waals surface area contributed by atoms with Crippen LogP contribution in [0.5, 0.6) is 0 Å². The Balaban J connectivity index is 3.46. The van der Waals surface area contributed by atoms with Gasteiger partial charge in [0.15, 0.2) is 0 Å². The average molecular weight is 118 g/mol. The Morgan fingerprint density at radius 3 is 2.50 bits per heavy atom. The topological polar surface area (TPSA) is 76.3 Å². The van der Waals surface area contributed by atoms with Crippen LogP contribution in [0.4, 0.5) is 0 Å². The van der Waals surface area contributed by atoms with Crippen LogP contribution in [0.15, 0.2) is 0 Å². The highest BCUT2D eigenvalue weighted by molar-refractivity contribution is 5.81. The van der Waals surface area contributed by atoms with Gasteiger partial charge in [-0.2, -0.15) is 0 Å². The van der Waals surface area contributed by atoms with Crippen LogP contribution >= 0.6 is 0 Å². The van der Waals surface area contributed by atoms with Gasteiger partial charge in [0, 0.05) is 0 Å². The van der Waals surface area contributed by atoms with Crippen molar-refractivity contribution in [2.24, 2.45) is 0 Å². The second-order valence-corrected chi connectivity index (χ2v) is 1.45. The maximum Gasteiger partial charge on any atom is 0.146 e. The van der Waals surface area contributed by atoms with E-state index in [-0.39, 0.29) is 5.84 Å². The molecule has 0 radical (unpaired) electrons. The van der Waals surface area contributed by atoms with Gasteiger partial charge in [0.1, 0.15) is 11.9 Å². The van der Waals surface area contributed by atoms with E-state index < -0.39 is 6.10 Å². The van der Waals surface area contributed by atoms with E-state index in [1.165, 1.54) is 0 Å². The Morgan fingerprint density at radius 2 is 2.38 bits per heavy atom. The molecule has 0 bridgehead atoms. The van der Waals surface area contributed by atoms with Gasteiger partial charge < -0.3 is 5.11 Å². The Bertz CT molecular complexity index is 84.1. The summed E-state index contributed by atoms with van der Waals surface area (Å²) < 4.78 is 0.